The molecule has 2 aromatic heterocycles. The standard InChI is InChI=1S/C45H27N3S/c1-3-11-30(12-4-1)43-46-44(31-13-5-2-6-14-31)48-45(47-43)35-23-21-32-26-34(22-20-33(32)27-35)37-16-9-17-38-39-25-24-29-19-18-28-10-7-8-15-36(28)40(29)42(39)49-41(37)38/h1-27H. The van der Waals surface area contributed by atoms with Crippen molar-refractivity contribution in [2.75, 3.05) is 0 Å². The predicted octanol–water partition coefficient (Wildman–Crippen LogP) is 12.4. The molecule has 228 valence electrons. The summed E-state index contributed by atoms with van der Waals surface area (Å²) in [7, 11) is 0. The molecule has 10 rings (SSSR count). The third-order valence-electron chi connectivity index (χ3n) is 9.48. The lowest BCUT2D eigenvalue weighted by atomic mass is 9.97. The molecule has 0 fully saturated rings. The van der Waals surface area contributed by atoms with Gasteiger partial charge in [0.2, 0.25) is 0 Å². The molecule has 8 aromatic carbocycles. The lowest BCUT2D eigenvalue weighted by Gasteiger charge is -2.10. The number of rotatable bonds is 4. The Hall–Kier alpha value is -6.23. The highest BCUT2D eigenvalue weighted by Gasteiger charge is 2.16. The molecule has 0 N–H and O–H groups in total. The Bertz CT molecular complexity index is 2820. The fourth-order valence-corrected chi connectivity index (χ4v) is 8.47. The van der Waals surface area contributed by atoms with Gasteiger partial charge in [-0.25, -0.2) is 15.0 Å². The molecule has 0 aliphatic rings. The molecule has 0 amide bonds. The Balaban J connectivity index is 1.10. The zero-order valence-corrected chi connectivity index (χ0v) is 27.2. The Morgan fingerprint density at radius 2 is 0.857 bits per heavy atom. The molecule has 0 spiro atoms. The van der Waals surface area contributed by atoms with Crippen LogP contribution in [-0.2, 0) is 0 Å². The molecule has 49 heavy (non-hydrogen) atoms. The number of fused-ring (bicyclic) bond motifs is 8. The van der Waals surface area contributed by atoms with E-state index in [0.29, 0.717) is 17.5 Å². The summed E-state index contributed by atoms with van der Waals surface area (Å²) in [6.07, 6.45) is 0. The van der Waals surface area contributed by atoms with E-state index >= 15 is 0 Å². The van der Waals surface area contributed by atoms with Gasteiger partial charge in [-0.15, -0.1) is 11.3 Å². The second-order valence-corrected chi connectivity index (χ2v) is 13.4. The van der Waals surface area contributed by atoms with Crippen molar-refractivity contribution >= 4 is 63.8 Å². The maximum atomic E-state index is 4.95. The molecular formula is C45H27N3S. The van der Waals surface area contributed by atoms with Crippen LogP contribution in [0.1, 0.15) is 0 Å². The second-order valence-electron chi connectivity index (χ2n) is 12.4. The summed E-state index contributed by atoms with van der Waals surface area (Å²) < 4.78 is 2.67. The van der Waals surface area contributed by atoms with Gasteiger partial charge in [-0.3, -0.25) is 0 Å². The summed E-state index contributed by atoms with van der Waals surface area (Å²) in [4.78, 5) is 14.7. The van der Waals surface area contributed by atoms with Crippen molar-refractivity contribution in [1.29, 1.82) is 0 Å². The molecule has 0 saturated heterocycles. The van der Waals surface area contributed by atoms with E-state index in [1.54, 1.807) is 0 Å². The first-order valence-corrected chi connectivity index (χ1v) is 17.3. The summed E-state index contributed by atoms with van der Waals surface area (Å²) in [5.41, 5.74) is 5.36. The topological polar surface area (TPSA) is 38.7 Å². The van der Waals surface area contributed by atoms with Crippen LogP contribution in [0.4, 0.5) is 0 Å². The van der Waals surface area contributed by atoms with Crippen molar-refractivity contribution < 1.29 is 0 Å². The highest BCUT2D eigenvalue weighted by atomic mass is 32.1. The van der Waals surface area contributed by atoms with Crippen LogP contribution in [0.25, 0.3) is 97.8 Å². The van der Waals surface area contributed by atoms with Crippen LogP contribution in [0.2, 0.25) is 0 Å². The summed E-state index contributed by atoms with van der Waals surface area (Å²) >= 11 is 1.91. The molecule has 2 heterocycles. The Labute approximate surface area is 286 Å². The normalized spacial score (nSPS) is 11.7. The van der Waals surface area contributed by atoms with Crippen LogP contribution in [0.3, 0.4) is 0 Å². The van der Waals surface area contributed by atoms with Gasteiger partial charge in [0.25, 0.3) is 0 Å². The minimum atomic E-state index is 0.661. The Morgan fingerprint density at radius 3 is 1.59 bits per heavy atom. The summed E-state index contributed by atoms with van der Waals surface area (Å²) in [6.45, 7) is 0. The highest BCUT2D eigenvalue weighted by molar-refractivity contribution is 7.27. The fraction of sp³-hybridized carbons (Fsp3) is 0. The van der Waals surface area contributed by atoms with Gasteiger partial charge in [-0.2, -0.15) is 0 Å². The minimum absolute atomic E-state index is 0.661. The summed E-state index contributed by atoms with van der Waals surface area (Å²) in [5, 5.41) is 10.2. The van der Waals surface area contributed by atoms with E-state index in [0.717, 1.165) is 22.1 Å². The van der Waals surface area contributed by atoms with Crippen LogP contribution in [0, 0.1) is 0 Å². The van der Waals surface area contributed by atoms with Crippen molar-refractivity contribution in [3.8, 4) is 45.3 Å². The van der Waals surface area contributed by atoms with E-state index in [2.05, 4.69) is 103 Å². The van der Waals surface area contributed by atoms with Gasteiger partial charge in [0.1, 0.15) is 0 Å². The molecule has 4 heteroatoms. The average Bonchev–Trinajstić information content (AvgIpc) is 3.57. The molecule has 0 saturated carbocycles. The first kappa shape index (κ1) is 27.8. The number of thiophene rings is 1. The van der Waals surface area contributed by atoms with Gasteiger partial charge in [-0.05, 0) is 50.2 Å². The van der Waals surface area contributed by atoms with Crippen LogP contribution < -0.4 is 0 Å². The molecule has 0 radical (unpaired) electrons. The summed E-state index contributed by atoms with van der Waals surface area (Å²) in [6, 6.07) is 58.0. The maximum Gasteiger partial charge on any atom is 0.164 e. The highest BCUT2D eigenvalue weighted by Crippen LogP contribution is 2.44. The molecule has 0 atom stereocenters. The van der Waals surface area contributed by atoms with E-state index in [1.165, 1.54) is 58.2 Å². The molecular weight excluding hydrogens is 615 g/mol. The number of aromatic nitrogens is 3. The average molecular weight is 642 g/mol. The van der Waals surface area contributed by atoms with Gasteiger partial charge < -0.3 is 0 Å². The van der Waals surface area contributed by atoms with Crippen molar-refractivity contribution in [2.24, 2.45) is 0 Å². The maximum absolute atomic E-state index is 4.95. The number of benzene rings is 8. The third-order valence-corrected chi connectivity index (χ3v) is 10.8. The van der Waals surface area contributed by atoms with Crippen LogP contribution in [0.5, 0.6) is 0 Å². The van der Waals surface area contributed by atoms with E-state index in [9.17, 15) is 0 Å². The Kier molecular flexibility index (Phi) is 6.36. The molecule has 0 bridgehead atoms. The van der Waals surface area contributed by atoms with Crippen LogP contribution in [0.15, 0.2) is 164 Å². The van der Waals surface area contributed by atoms with Crippen LogP contribution in [-0.4, -0.2) is 15.0 Å². The van der Waals surface area contributed by atoms with Gasteiger partial charge in [0, 0.05) is 42.2 Å². The SMILES string of the molecule is c1ccc(-c2nc(-c3ccccc3)nc(-c3ccc4cc(-c5cccc6c5sc5c6ccc6ccc7ccccc7c65)ccc4c3)n2)cc1. The second kappa shape index (κ2) is 11.2. The zero-order chi connectivity index (χ0) is 32.3. The minimum Gasteiger partial charge on any atom is -0.208 e. The molecule has 0 unspecified atom stereocenters. The summed E-state index contributed by atoms with van der Waals surface area (Å²) in [5.74, 6) is 1.99. The van der Waals surface area contributed by atoms with Gasteiger partial charge in [-0.1, -0.05) is 152 Å². The molecule has 3 nitrogen and oxygen atoms in total. The molecule has 0 aliphatic heterocycles. The largest absolute Gasteiger partial charge is 0.208 e. The number of nitrogens with zero attached hydrogens (tertiary/aromatic N) is 3. The predicted molar refractivity (Wildman–Crippen MR) is 207 cm³/mol. The monoisotopic (exact) mass is 641 g/mol. The zero-order valence-electron chi connectivity index (χ0n) is 26.3. The van der Waals surface area contributed by atoms with Crippen molar-refractivity contribution in [2.45, 2.75) is 0 Å². The van der Waals surface area contributed by atoms with E-state index in [1.807, 2.05) is 72.0 Å². The van der Waals surface area contributed by atoms with Crippen molar-refractivity contribution in [3.63, 3.8) is 0 Å². The van der Waals surface area contributed by atoms with Gasteiger partial charge >= 0.3 is 0 Å². The van der Waals surface area contributed by atoms with Crippen LogP contribution >= 0.6 is 11.3 Å². The number of hydrogen-bond acceptors (Lipinski definition) is 4. The van der Waals surface area contributed by atoms with E-state index in [4.69, 9.17) is 15.0 Å². The van der Waals surface area contributed by atoms with Crippen molar-refractivity contribution in [1.82, 2.24) is 15.0 Å². The van der Waals surface area contributed by atoms with E-state index in [-0.39, 0.29) is 0 Å². The lowest BCUT2D eigenvalue weighted by Crippen LogP contribution is -2.00. The third kappa shape index (κ3) is 4.68. The molecule has 0 aliphatic carbocycles. The van der Waals surface area contributed by atoms with Gasteiger partial charge in [0.15, 0.2) is 17.5 Å². The fourth-order valence-electron chi connectivity index (χ4n) is 7.06. The first-order chi connectivity index (χ1) is 24.3. The number of hydrogen-bond donors (Lipinski definition) is 0. The lowest BCUT2D eigenvalue weighted by molar-refractivity contribution is 1.07. The van der Waals surface area contributed by atoms with E-state index < -0.39 is 0 Å². The quantitative estimate of drug-likeness (QED) is 0.180. The van der Waals surface area contributed by atoms with Gasteiger partial charge in [0.05, 0.1) is 0 Å². The Morgan fingerprint density at radius 1 is 0.327 bits per heavy atom. The molecule has 10 aromatic rings. The van der Waals surface area contributed by atoms with Crippen molar-refractivity contribution in [3.05, 3.63) is 164 Å². The smallest absolute Gasteiger partial charge is 0.164 e. The first-order valence-electron chi connectivity index (χ1n) is 16.4.